The van der Waals surface area contributed by atoms with Crippen molar-refractivity contribution in [3.05, 3.63) is 58.8 Å². The van der Waals surface area contributed by atoms with Crippen molar-refractivity contribution in [2.45, 2.75) is 25.4 Å². The molecule has 0 fully saturated rings. The van der Waals surface area contributed by atoms with Gasteiger partial charge in [-0.1, -0.05) is 18.2 Å². The average Bonchev–Trinajstić information content (AvgIpc) is 3.37. The Morgan fingerprint density at radius 2 is 2.03 bits per heavy atom. The number of hydrogen-bond donors (Lipinski definition) is 0. The summed E-state index contributed by atoms with van der Waals surface area (Å²) >= 11 is 7.53. The number of carbonyl (C=O) groups excluding carboxylic acids is 2. The van der Waals surface area contributed by atoms with E-state index in [0.29, 0.717) is 24.6 Å². The molecule has 0 N–H and O–H groups in total. The van der Waals surface area contributed by atoms with Crippen molar-refractivity contribution in [2.24, 2.45) is 0 Å². The van der Waals surface area contributed by atoms with Crippen LogP contribution >= 0.6 is 22.9 Å². The molecular weight excluding hydrogens is 412 g/mol. The van der Waals surface area contributed by atoms with Gasteiger partial charge in [-0.15, -0.1) is 29.5 Å². The number of amides is 2. The van der Waals surface area contributed by atoms with Crippen molar-refractivity contribution in [1.82, 2.24) is 9.80 Å². The molecule has 1 aromatic heterocycles. The third kappa shape index (κ3) is 5.52. The van der Waals surface area contributed by atoms with Crippen LogP contribution in [0.25, 0.3) is 0 Å². The maximum Gasteiger partial charge on any atom is 0.242 e. The lowest BCUT2D eigenvalue weighted by Gasteiger charge is -2.27. The molecule has 2 aromatic rings. The van der Waals surface area contributed by atoms with Gasteiger partial charge in [0.25, 0.3) is 0 Å². The van der Waals surface area contributed by atoms with Gasteiger partial charge in [0.05, 0.1) is 6.54 Å². The Kier molecular flexibility index (Phi) is 7.17. The molecule has 0 aliphatic carbocycles. The second-order valence-corrected chi connectivity index (χ2v) is 8.33. The summed E-state index contributed by atoms with van der Waals surface area (Å²) in [5, 5.41) is 1.27. The normalized spacial score (nSPS) is 13.0. The summed E-state index contributed by atoms with van der Waals surface area (Å²) in [5.74, 6) is 0.914. The summed E-state index contributed by atoms with van der Waals surface area (Å²) in [6.07, 6.45) is 1.59. The molecule has 6 nitrogen and oxygen atoms in total. The number of benzene rings is 1. The van der Waals surface area contributed by atoms with Gasteiger partial charge in [-0.05, 0) is 36.1 Å². The summed E-state index contributed by atoms with van der Waals surface area (Å²) in [4.78, 5) is 29.7. The molecule has 0 saturated carbocycles. The third-order valence-corrected chi connectivity index (χ3v) is 5.47. The summed E-state index contributed by atoms with van der Waals surface area (Å²) in [7, 11) is 0. The first-order valence-electron chi connectivity index (χ1n) is 9.20. The van der Waals surface area contributed by atoms with E-state index in [1.54, 1.807) is 29.2 Å². The highest BCUT2D eigenvalue weighted by molar-refractivity contribution is 7.09. The summed E-state index contributed by atoms with van der Waals surface area (Å²) in [5.41, 5.74) is 0.923. The minimum atomic E-state index is -0.706. The van der Waals surface area contributed by atoms with Gasteiger partial charge in [-0.25, -0.2) is 0 Å². The van der Waals surface area contributed by atoms with Crippen LogP contribution in [-0.2, 0) is 22.7 Å². The molecule has 2 amide bonds. The molecule has 1 aliphatic heterocycles. The van der Waals surface area contributed by atoms with Gasteiger partial charge in [0.1, 0.15) is 11.9 Å². The fraction of sp³-hybridized carbons (Fsp3) is 0.333. The van der Waals surface area contributed by atoms with Crippen LogP contribution in [0.2, 0.25) is 0 Å². The number of carbonyl (C=O) groups is 2. The summed E-state index contributed by atoms with van der Waals surface area (Å²) < 4.78 is 10.8. The van der Waals surface area contributed by atoms with Gasteiger partial charge < -0.3 is 19.3 Å². The van der Waals surface area contributed by atoms with Crippen molar-refractivity contribution in [3.8, 4) is 11.5 Å². The molecule has 0 bridgehead atoms. The van der Waals surface area contributed by atoms with E-state index in [1.165, 1.54) is 4.90 Å². The smallest absolute Gasteiger partial charge is 0.242 e. The highest BCUT2D eigenvalue weighted by Gasteiger charge is 2.24. The number of fused-ring (bicyclic) bond motifs is 1. The first-order valence-corrected chi connectivity index (χ1v) is 10.5. The SMILES string of the molecule is C=CCN(CC(=O)N(Cc1ccc2c(c1)OCO2)Cc1cccs1)C(=O)C(C)Cl. The molecule has 8 heteroatoms. The lowest BCUT2D eigenvalue weighted by molar-refractivity contribution is -0.140. The van der Waals surface area contributed by atoms with Crippen molar-refractivity contribution in [1.29, 1.82) is 0 Å². The number of alkyl halides is 1. The number of halogens is 1. The monoisotopic (exact) mass is 434 g/mol. The molecule has 0 radical (unpaired) electrons. The lowest BCUT2D eigenvalue weighted by atomic mass is 10.2. The van der Waals surface area contributed by atoms with Crippen LogP contribution in [0.3, 0.4) is 0 Å². The standard InChI is InChI=1S/C21H23ClN2O4S/c1-3-8-23(21(26)15(2)22)13-20(25)24(12-17-5-4-9-29-17)11-16-6-7-18-19(10-16)28-14-27-18/h3-7,9-10,15H,1,8,11-14H2,2H3. The number of ether oxygens (including phenoxy) is 2. The van der Waals surface area contributed by atoms with E-state index in [1.807, 2.05) is 35.7 Å². The average molecular weight is 435 g/mol. The van der Waals surface area contributed by atoms with Crippen LogP contribution in [0, 0.1) is 0 Å². The molecule has 0 saturated heterocycles. The molecule has 0 spiro atoms. The summed E-state index contributed by atoms with van der Waals surface area (Å²) in [6, 6.07) is 9.57. The molecule has 3 rings (SSSR count). The molecule has 1 aliphatic rings. The number of rotatable bonds is 9. The van der Waals surface area contributed by atoms with Crippen LogP contribution in [0.4, 0.5) is 0 Å². The van der Waals surface area contributed by atoms with E-state index in [0.717, 1.165) is 10.4 Å². The van der Waals surface area contributed by atoms with Gasteiger partial charge in [-0.2, -0.15) is 0 Å². The maximum absolute atomic E-state index is 13.1. The number of thiophene rings is 1. The Morgan fingerprint density at radius 1 is 1.24 bits per heavy atom. The minimum Gasteiger partial charge on any atom is -0.454 e. The topological polar surface area (TPSA) is 59.1 Å². The quantitative estimate of drug-likeness (QED) is 0.446. The highest BCUT2D eigenvalue weighted by atomic mass is 35.5. The van der Waals surface area contributed by atoms with Crippen molar-refractivity contribution in [3.63, 3.8) is 0 Å². The third-order valence-electron chi connectivity index (χ3n) is 4.42. The molecule has 1 atom stereocenters. The predicted octanol–water partition coefficient (Wildman–Crippen LogP) is 3.65. The van der Waals surface area contributed by atoms with Crippen LogP contribution < -0.4 is 9.47 Å². The largest absolute Gasteiger partial charge is 0.454 e. The summed E-state index contributed by atoms with van der Waals surface area (Å²) in [6.45, 7) is 6.52. The van der Waals surface area contributed by atoms with E-state index in [9.17, 15) is 9.59 Å². The van der Waals surface area contributed by atoms with Crippen LogP contribution in [0.5, 0.6) is 11.5 Å². The van der Waals surface area contributed by atoms with Crippen molar-refractivity contribution < 1.29 is 19.1 Å². The van der Waals surface area contributed by atoms with Gasteiger partial charge >= 0.3 is 0 Å². The molecule has 1 unspecified atom stereocenters. The predicted molar refractivity (Wildman–Crippen MR) is 113 cm³/mol. The van der Waals surface area contributed by atoms with Gasteiger partial charge in [0, 0.05) is 18.0 Å². The Hall–Kier alpha value is -2.51. The Balaban J connectivity index is 1.77. The van der Waals surface area contributed by atoms with Gasteiger partial charge in [0.2, 0.25) is 18.6 Å². The van der Waals surface area contributed by atoms with Gasteiger partial charge in [-0.3, -0.25) is 9.59 Å². The Morgan fingerprint density at radius 3 is 2.72 bits per heavy atom. The molecule has 154 valence electrons. The zero-order valence-corrected chi connectivity index (χ0v) is 17.7. The minimum absolute atomic E-state index is 0.0577. The van der Waals surface area contributed by atoms with Gasteiger partial charge in [0.15, 0.2) is 11.5 Å². The first kappa shape index (κ1) is 21.2. The first-order chi connectivity index (χ1) is 14.0. The van der Waals surface area contributed by atoms with Crippen LogP contribution in [0.15, 0.2) is 48.4 Å². The zero-order chi connectivity index (χ0) is 20.8. The molecular formula is C21H23ClN2O4S. The van der Waals surface area contributed by atoms with E-state index in [-0.39, 0.29) is 31.7 Å². The second-order valence-electron chi connectivity index (χ2n) is 6.64. The molecule has 29 heavy (non-hydrogen) atoms. The number of hydrogen-bond acceptors (Lipinski definition) is 5. The van der Waals surface area contributed by atoms with Crippen LogP contribution in [0.1, 0.15) is 17.4 Å². The van der Waals surface area contributed by atoms with Crippen molar-refractivity contribution >= 4 is 34.8 Å². The fourth-order valence-electron chi connectivity index (χ4n) is 2.99. The van der Waals surface area contributed by atoms with E-state index in [2.05, 4.69) is 6.58 Å². The van der Waals surface area contributed by atoms with E-state index >= 15 is 0 Å². The number of nitrogens with zero attached hydrogens (tertiary/aromatic N) is 2. The zero-order valence-electron chi connectivity index (χ0n) is 16.2. The lowest BCUT2D eigenvalue weighted by Crippen LogP contribution is -2.44. The van der Waals surface area contributed by atoms with Crippen molar-refractivity contribution in [2.75, 3.05) is 19.9 Å². The second kappa shape index (κ2) is 9.80. The Bertz CT molecular complexity index is 870. The fourth-order valence-corrected chi connectivity index (χ4v) is 3.84. The van der Waals surface area contributed by atoms with E-state index in [4.69, 9.17) is 21.1 Å². The molecule has 2 heterocycles. The molecule has 1 aromatic carbocycles. The van der Waals surface area contributed by atoms with Crippen LogP contribution in [-0.4, -0.2) is 46.9 Å². The Labute approximate surface area is 179 Å². The maximum atomic E-state index is 13.1. The highest BCUT2D eigenvalue weighted by Crippen LogP contribution is 2.33. The van der Waals surface area contributed by atoms with E-state index < -0.39 is 5.38 Å².